The van der Waals surface area contributed by atoms with Gasteiger partial charge in [0.05, 0.1) is 23.5 Å². The molecule has 10 heteroatoms. The molecule has 3 aliphatic carbocycles. The van der Waals surface area contributed by atoms with Gasteiger partial charge in [-0.3, -0.25) is 0 Å². The predicted molar refractivity (Wildman–Crippen MR) is 149 cm³/mol. The van der Waals surface area contributed by atoms with Gasteiger partial charge in [0, 0.05) is 12.0 Å². The fourth-order valence-electron chi connectivity index (χ4n) is 6.51. The van der Waals surface area contributed by atoms with Crippen LogP contribution in [0.3, 0.4) is 0 Å². The number of halogens is 6. The molecule has 0 radical (unpaired) electrons. The average Bonchev–Trinajstić information content (AvgIpc) is 3.34. The van der Waals surface area contributed by atoms with Crippen molar-refractivity contribution in [3.63, 3.8) is 0 Å². The van der Waals surface area contributed by atoms with E-state index in [1.807, 2.05) is 23.0 Å². The molecule has 2 aromatic carbocycles. The number of aromatic nitrogens is 2. The lowest BCUT2D eigenvalue weighted by molar-refractivity contribution is -0.179. The van der Waals surface area contributed by atoms with Gasteiger partial charge in [-0.1, -0.05) is 36.3 Å². The minimum atomic E-state index is -4.12. The summed E-state index contributed by atoms with van der Waals surface area (Å²) in [6.07, 6.45) is 4.35. The fourth-order valence-corrected chi connectivity index (χ4v) is 6.51. The quantitative estimate of drug-likeness (QED) is 0.241. The van der Waals surface area contributed by atoms with Crippen molar-refractivity contribution < 1.29 is 31.1 Å². The molecule has 3 aliphatic rings. The Balaban J connectivity index is 0.000000229. The Morgan fingerprint density at radius 1 is 1.14 bits per heavy atom. The topological polar surface area (TPSA) is 39.1 Å². The van der Waals surface area contributed by atoms with Crippen molar-refractivity contribution in [3.8, 4) is 11.4 Å². The summed E-state index contributed by atoms with van der Waals surface area (Å²) in [6.45, 7) is 0.0495. The summed E-state index contributed by atoms with van der Waals surface area (Å²) in [5.41, 5.74) is 6.00. The highest BCUT2D eigenvalue weighted by Crippen LogP contribution is 2.57. The fraction of sp³-hybridized carbons (Fsp3) is 0.406. The molecule has 6 rings (SSSR count). The first-order chi connectivity index (χ1) is 20.0. The van der Waals surface area contributed by atoms with Crippen LogP contribution in [-0.2, 0) is 13.0 Å². The van der Waals surface area contributed by atoms with Gasteiger partial charge in [-0.25, -0.2) is 9.07 Å². The highest BCUT2D eigenvalue weighted by molar-refractivity contribution is 5.63. The summed E-state index contributed by atoms with van der Waals surface area (Å²) in [5.74, 6) is -1.31. The molecule has 1 heterocycles. The number of allylic oxidation sites excluding steroid dienone is 3. The first kappa shape index (κ1) is 29.9. The molecule has 3 unspecified atom stereocenters. The van der Waals surface area contributed by atoms with E-state index in [0.29, 0.717) is 6.54 Å². The van der Waals surface area contributed by atoms with E-state index in [1.165, 1.54) is 29.3 Å². The molecule has 1 N–H and O–H groups in total. The van der Waals surface area contributed by atoms with E-state index >= 15 is 0 Å². The zero-order chi connectivity index (χ0) is 30.1. The molecular weight excluding hydrogens is 556 g/mol. The molecule has 1 aromatic heterocycles. The number of benzene rings is 2. The molecule has 0 aliphatic heterocycles. The summed E-state index contributed by atoms with van der Waals surface area (Å²) in [5, 5.41) is 7.44. The number of nitrogens with one attached hydrogen (secondary N) is 1. The Kier molecular flexibility index (Phi) is 8.55. The number of ether oxygens (including phenoxy) is 1. The summed E-state index contributed by atoms with van der Waals surface area (Å²) in [6, 6.07) is 12.9. The molecule has 3 atom stereocenters. The van der Waals surface area contributed by atoms with E-state index in [9.17, 15) is 26.3 Å². The zero-order valence-electron chi connectivity index (χ0n) is 23.4. The molecule has 1 saturated carbocycles. The SMILES string of the molecule is CC12Cc3cnn(-c4ccc(F)cc4)c3C=C1CCC1CC(C(F)(F)F)CC=C12.CNCc1cccc(OC(F)F)c1. The maximum atomic E-state index is 13.3. The molecule has 224 valence electrons. The third kappa shape index (κ3) is 6.28. The lowest BCUT2D eigenvalue weighted by Crippen LogP contribution is -2.39. The van der Waals surface area contributed by atoms with Crippen LogP contribution in [0.25, 0.3) is 11.8 Å². The smallest absolute Gasteiger partial charge is 0.392 e. The minimum absolute atomic E-state index is 0.00576. The maximum Gasteiger partial charge on any atom is 0.392 e. The van der Waals surface area contributed by atoms with Gasteiger partial charge in [-0.2, -0.15) is 27.1 Å². The number of alkyl halides is 5. The van der Waals surface area contributed by atoms with Crippen LogP contribution < -0.4 is 10.1 Å². The van der Waals surface area contributed by atoms with Crippen molar-refractivity contribution in [3.05, 3.63) is 94.6 Å². The summed E-state index contributed by atoms with van der Waals surface area (Å²) < 4.78 is 82.7. The monoisotopic (exact) mass is 589 g/mol. The second-order valence-electron chi connectivity index (χ2n) is 11.3. The van der Waals surface area contributed by atoms with Gasteiger partial charge >= 0.3 is 12.8 Å². The van der Waals surface area contributed by atoms with E-state index in [4.69, 9.17) is 0 Å². The normalized spacial score (nSPS) is 23.1. The molecular formula is C32H33F6N3O. The van der Waals surface area contributed by atoms with Crippen LogP contribution in [0.4, 0.5) is 26.3 Å². The van der Waals surface area contributed by atoms with Crippen LogP contribution in [0.2, 0.25) is 0 Å². The lowest BCUT2D eigenvalue weighted by atomic mass is 9.56. The predicted octanol–water partition coefficient (Wildman–Crippen LogP) is 8.27. The van der Waals surface area contributed by atoms with Crippen LogP contribution >= 0.6 is 0 Å². The molecule has 42 heavy (non-hydrogen) atoms. The van der Waals surface area contributed by atoms with Gasteiger partial charge in [-0.15, -0.1) is 0 Å². The van der Waals surface area contributed by atoms with Crippen molar-refractivity contribution >= 4 is 6.08 Å². The molecule has 3 aromatic rings. The third-order valence-corrected chi connectivity index (χ3v) is 8.52. The van der Waals surface area contributed by atoms with Gasteiger partial charge in [0.2, 0.25) is 0 Å². The van der Waals surface area contributed by atoms with Crippen LogP contribution in [0, 0.1) is 23.1 Å². The van der Waals surface area contributed by atoms with E-state index < -0.39 is 18.7 Å². The number of nitrogens with zero attached hydrogens (tertiary/aromatic N) is 2. The number of rotatable bonds is 5. The van der Waals surface area contributed by atoms with Crippen molar-refractivity contribution in [2.75, 3.05) is 7.05 Å². The average molecular weight is 590 g/mol. The van der Waals surface area contributed by atoms with Gasteiger partial charge in [0.1, 0.15) is 11.6 Å². The van der Waals surface area contributed by atoms with E-state index in [0.717, 1.165) is 41.8 Å². The van der Waals surface area contributed by atoms with Crippen molar-refractivity contribution in [2.24, 2.45) is 17.3 Å². The highest BCUT2D eigenvalue weighted by Gasteiger charge is 2.49. The van der Waals surface area contributed by atoms with E-state index in [-0.39, 0.29) is 35.7 Å². The number of fused-ring (bicyclic) bond motifs is 4. The number of hydrogen-bond donors (Lipinski definition) is 1. The van der Waals surface area contributed by atoms with Crippen LogP contribution in [-0.4, -0.2) is 29.6 Å². The first-order valence-electron chi connectivity index (χ1n) is 14.0. The maximum absolute atomic E-state index is 13.3. The van der Waals surface area contributed by atoms with Gasteiger partial charge < -0.3 is 10.1 Å². The second-order valence-corrected chi connectivity index (χ2v) is 11.3. The minimum Gasteiger partial charge on any atom is -0.435 e. The van der Waals surface area contributed by atoms with Crippen molar-refractivity contribution in [1.29, 1.82) is 0 Å². The Bertz CT molecular complexity index is 1460. The molecule has 0 bridgehead atoms. The molecule has 0 amide bonds. The second kappa shape index (κ2) is 12.0. The standard InChI is InChI=1S/C23H22F4N2.C9H11F2NO/c1-22-12-15-13-28-29(19-7-5-18(24)6-8-19)21(15)11-16(22)3-2-14-10-17(23(25,26)27)4-9-20(14)22;1-12-6-7-3-2-4-8(5-7)13-9(10)11/h5-9,11,13-14,17H,2-4,10,12H2,1H3;2-5,9,12H,6H2,1H3. The largest absolute Gasteiger partial charge is 0.435 e. The van der Waals surface area contributed by atoms with Crippen LogP contribution in [0.15, 0.2) is 72.0 Å². The Morgan fingerprint density at radius 3 is 2.60 bits per heavy atom. The Hall–Kier alpha value is -3.53. The van der Waals surface area contributed by atoms with Crippen molar-refractivity contribution in [2.45, 2.75) is 58.4 Å². The van der Waals surface area contributed by atoms with Gasteiger partial charge in [0.25, 0.3) is 0 Å². The summed E-state index contributed by atoms with van der Waals surface area (Å²) in [4.78, 5) is 0. The third-order valence-electron chi connectivity index (χ3n) is 8.52. The highest BCUT2D eigenvalue weighted by atomic mass is 19.4. The summed E-state index contributed by atoms with van der Waals surface area (Å²) >= 11 is 0. The zero-order valence-corrected chi connectivity index (χ0v) is 23.4. The Morgan fingerprint density at radius 2 is 1.90 bits per heavy atom. The van der Waals surface area contributed by atoms with Crippen LogP contribution in [0.1, 0.15) is 49.4 Å². The molecule has 1 fully saturated rings. The van der Waals surface area contributed by atoms with Gasteiger partial charge in [-0.05, 0) is 98.7 Å². The first-order valence-corrected chi connectivity index (χ1v) is 14.0. The van der Waals surface area contributed by atoms with Gasteiger partial charge in [0.15, 0.2) is 0 Å². The lowest BCUT2D eigenvalue weighted by Gasteiger charge is -2.48. The number of hydrogen-bond acceptors (Lipinski definition) is 3. The van der Waals surface area contributed by atoms with Crippen LogP contribution in [0.5, 0.6) is 5.75 Å². The van der Waals surface area contributed by atoms with E-state index in [1.54, 1.807) is 31.3 Å². The molecule has 0 spiro atoms. The summed E-state index contributed by atoms with van der Waals surface area (Å²) in [7, 11) is 1.79. The Labute approximate surface area is 241 Å². The molecule has 0 saturated heterocycles. The molecule has 4 nitrogen and oxygen atoms in total. The van der Waals surface area contributed by atoms with Crippen molar-refractivity contribution in [1.82, 2.24) is 15.1 Å². The van der Waals surface area contributed by atoms with E-state index in [2.05, 4.69) is 28.2 Å².